The van der Waals surface area contributed by atoms with Crippen LogP contribution in [0.15, 0.2) is 46.5 Å². The second-order valence-corrected chi connectivity index (χ2v) is 10.3. The minimum atomic E-state index is -0.250. The van der Waals surface area contributed by atoms with Crippen molar-refractivity contribution < 1.29 is 9.59 Å². The van der Waals surface area contributed by atoms with Crippen LogP contribution in [0.4, 0.5) is 11.4 Å². The highest BCUT2D eigenvalue weighted by atomic mass is 32.2. The maximum Gasteiger partial charge on any atom is 0.251 e. The van der Waals surface area contributed by atoms with Gasteiger partial charge in [0.2, 0.25) is 11.8 Å². The molecule has 0 atom stereocenters. The Kier molecular flexibility index (Phi) is 5.33. The molecule has 8 heteroatoms. The standard InChI is InChI=1S/C23H26N4O3S/c28-19-4-5-24-22(27-19)31-13-20(29)25-17-2-1-3-18(9-17)26-21(30)23-10-14-6-15(11-23)8-16(7-14)12-23/h1-5,9,14-16H,6-8,10-13H2,(H,25,29)(H,26,30)(H,24,27,28). The summed E-state index contributed by atoms with van der Waals surface area (Å²) in [7, 11) is 0. The van der Waals surface area contributed by atoms with Crippen LogP contribution in [0.1, 0.15) is 38.5 Å². The highest BCUT2D eigenvalue weighted by Gasteiger charge is 2.54. The molecule has 2 amide bonds. The number of aromatic nitrogens is 2. The average molecular weight is 439 g/mol. The Balaban J connectivity index is 1.20. The van der Waals surface area contributed by atoms with Crippen LogP contribution in [0, 0.1) is 23.2 Å². The lowest BCUT2D eigenvalue weighted by atomic mass is 9.49. The lowest BCUT2D eigenvalue weighted by Gasteiger charge is -2.55. The zero-order chi connectivity index (χ0) is 21.4. The third-order valence-corrected chi connectivity index (χ3v) is 7.80. The number of anilines is 2. The van der Waals surface area contributed by atoms with E-state index < -0.39 is 0 Å². The first-order valence-electron chi connectivity index (χ1n) is 10.9. The van der Waals surface area contributed by atoms with E-state index in [1.807, 2.05) is 12.1 Å². The van der Waals surface area contributed by atoms with Crippen molar-refractivity contribution in [3.05, 3.63) is 46.9 Å². The second kappa shape index (κ2) is 8.15. The van der Waals surface area contributed by atoms with Crippen LogP contribution in [-0.2, 0) is 9.59 Å². The first-order valence-corrected chi connectivity index (χ1v) is 11.9. The van der Waals surface area contributed by atoms with Gasteiger partial charge in [-0.05, 0) is 74.5 Å². The summed E-state index contributed by atoms with van der Waals surface area (Å²) in [6.45, 7) is 0. The summed E-state index contributed by atoms with van der Waals surface area (Å²) in [4.78, 5) is 43.5. The Morgan fingerprint density at radius 3 is 2.32 bits per heavy atom. The van der Waals surface area contributed by atoms with Crippen molar-refractivity contribution >= 4 is 35.0 Å². The summed E-state index contributed by atoms with van der Waals surface area (Å²) in [6, 6.07) is 8.61. The molecule has 0 unspecified atom stereocenters. The van der Waals surface area contributed by atoms with Crippen molar-refractivity contribution in [2.45, 2.75) is 43.7 Å². The third kappa shape index (κ3) is 4.39. The van der Waals surface area contributed by atoms with E-state index in [-0.39, 0.29) is 28.5 Å². The van der Waals surface area contributed by atoms with E-state index in [0.717, 1.165) is 31.0 Å². The monoisotopic (exact) mass is 438 g/mol. The minimum absolute atomic E-state index is 0.122. The topological polar surface area (TPSA) is 104 Å². The number of nitrogens with zero attached hydrogens (tertiary/aromatic N) is 1. The Hall–Kier alpha value is -2.61. The molecule has 0 radical (unpaired) electrons. The van der Waals surface area contributed by atoms with Gasteiger partial charge in [-0.25, -0.2) is 4.98 Å². The Morgan fingerprint density at radius 1 is 1.03 bits per heavy atom. The molecule has 4 saturated carbocycles. The molecule has 1 aromatic heterocycles. The zero-order valence-electron chi connectivity index (χ0n) is 17.2. The van der Waals surface area contributed by atoms with E-state index in [4.69, 9.17) is 0 Å². The first kappa shape index (κ1) is 20.3. The summed E-state index contributed by atoms with van der Waals surface area (Å²) >= 11 is 1.16. The molecule has 162 valence electrons. The van der Waals surface area contributed by atoms with Crippen LogP contribution < -0.4 is 16.2 Å². The lowest BCUT2D eigenvalue weighted by molar-refractivity contribution is -0.140. The third-order valence-electron chi connectivity index (χ3n) is 6.91. The zero-order valence-corrected chi connectivity index (χ0v) is 18.0. The lowest BCUT2D eigenvalue weighted by Crippen LogP contribution is -2.51. The highest BCUT2D eigenvalue weighted by Crippen LogP contribution is 2.60. The van der Waals surface area contributed by atoms with Crippen molar-refractivity contribution in [2.75, 3.05) is 16.4 Å². The maximum absolute atomic E-state index is 13.2. The Morgan fingerprint density at radius 2 is 1.68 bits per heavy atom. The van der Waals surface area contributed by atoms with Gasteiger partial charge in [-0.3, -0.25) is 14.4 Å². The van der Waals surface area contributed by atoms with Crippen molar-refractivity contribution in [3.63, 3.8) is 0 Å². The summed E-state index contributed by atoms with van der Waals surface area (Å²) in [5.74, 6) is 2.21. The van der Waals surface area contributed by atoms with Crippen LogP contribution in [0.3, 0.4) is 0 Å². The molecule has 2 aromatic rings. The molecule has 4 aliphatic rings. The van der Waals surface area contributed by atoms with Gasteiger partial charge in [-0.15, -0.1) is 0 Å². The SMILES string of the molecule is O=C(CSc1nccc(=O)[nH]1)Nc1cccc(NC(=O)C23CC4CC(CC(C4)C2)C3)c1. The largest absolute Gasteiger partial charge is 0.326 e. The van der Waals surface area contributed by atoms with E-state index in [1.165, 1.54) is 31.5 Å². The molecule has 4 fully saturated rings. The summed E-state index contributed by atoms with van der Waals surface area (Å²) in [6.07, 6.45) is 8.39. The fourth-order valence-electron chi connectivity index (χ4n) is 6.08. The smallest absolute Gasteiger partial charge is 0.251 e. The van der Waals surface area contributed by atoms with Crippen LogP contribution in [-0.4, -0.2) is 27.5 Å². The van der Waals surface area contributed by atoms with Crippen molar-refractivity contribution in [1.29, 1.82) is 0 Å². The molecule has 1 heterocycles. The molecular formula is C23H26N4O3S. The van der Waals surface area contributed by atoms with Crippen molar-refractivity contribution in [2.24, 2.45) is 23.2 Å². The number of carbonyl (C=O) groups excluding carboxylic acids is 2. The molecule has 0 saturated heterocycles. The number of benzene rings is 1. The van der Waals surface area contributed by atoms with Crippen LogP contribution in [0.25, 0.3) is 0 Å². The van der Waals surface area contributed by atoms with Gasteiger partial charge in [0, 0.05) is 23.6 Å². The van der Waals surface area contributed by atoms with Crippen LogP contribution >= 0.6 is 11.8 Å². The number of carbonyl (C=O) groups is 2. The fourth-order valence-corrected chi connectivity index (χ4v) is 6.73. The molecule has 31 heavy (non-hydrogen) atoms. The van der Waals surface area contributed by atoms with E-state index >= 15 is 0 Å². The first-order chi connectivity index (χ1) is 15.0. The van der Waals surface area contributed by atoms with E-state index in [0.29, 0.717) is 34.3 Å². The molecule has 4 bridgehead atoms. The predicted octanol–water partition coefficient (Wildman–Crippen LogP) is 3.66. The van der Waals surface area contributed by atoms with E-state index in [2.05, 4.69) is 20.6 Å². The molecule has 1 aromatic carbocycles. The van der Waals surface area contributed by atoms with Gasteiger partial charge < -0.3 is 15.6 Å². The van der Waals surface area contributed by atoms with Crippen molar-refractivity contribution in [3.8, 4) is 0 Å². The number of H-pyrrole nitrogens is 1. The Labute approximate surface area is 184 Å². The van der Waals surface area contributed by atoms with Crippen molar-refractivity contribution in [1.82, 2.24) is 9.97 Å². The maximum atomic E-state index is 13.2. The highest BCUT2D eigenvalue weighted by molar-refractivity contribution is 7.99. The molecule has 6 rings (SSSR count). The van der Waals surface area contributed by atoms with Gasteiger partial charge in [0.25, 0.3) is 5.56 Å². The summed E-state index contributed by atoms with van der Waals surface area (Å²) in [5.41, 5.74) is 0.883. The molecule has 7 nitrogen and oxygen atoms in total. The predicted molar refractivity (Wildman–Crippen MR) is 120 cm³/mol. The van der Waals surface area contributed by atoms with Crippen LogP contribution in [0.5, 0.6) is 0 Å². The van der Waals surface area contributed by atoms with E-state index in [1.54, 1.807) is 12.1 Å². The second-order valence-electron chi connectivity index (χ2n) is 9.31. The molecule has 4 aliphatic carbocycles. The van der Waals surface area contributed by atoms with Gasteiger partial charge in [0.05, 0.1) is 11.2 Å². The number of hydrogen-bond acceptors (Lipinski definition) is 5. The molecular weight excluding hydrogens is 412 g/mol. The molecule has 3 N–H and O–H groups in total. The molecule has 0 aliphatic heterocycles. The number of nitrogens with one attached hydrogen (secondary N) is 3. The summed E-state index contributed by atoms with van der Waals surface area (Å²) < 4.78 is 0. The van der Waals surface area contributed by atoms with Gasteiger partial charge >= 0.3 is 0 Å². The van der Waals surface area contributed by atoms with Gasteiger partial charge in [-0.2, -0.15) is 0 Å². The number of rotatable bonds is 6. The minimum Gasteiger partial charge on any atom is -0.326 e. The summed E-state index contributed by atoms with van der Waals surface area (Å²) in [5, 5.41) is 6.38. The number of thioether (sulfide) groups is 1. The number of aromatic amines is 1. The fraction of sp³-hybridized carbons (Fsp3) is 0.478. The van der Waals surface area contributed by atoms with E-state index in [9.17, 15) is 14.4 Å². The quantitative estimate of drug-likeness (QED) is 0.472. The Bertz CT molecular complexity index is 1030. The van der Waals surface area contributed by atoms with Crippen LogP contribution in [0.2, 0.25) is 0 Å². The van der Waals surface area contributed by atoms with Gasteiger partial charge in [0.1, 0.15) is 0 Å². The average Bonchev–Trinajstić information content (AvgIpc) is 2.72. The van der Waals surface area contributed by atoms with Gasteiger partial charge in [0.15, 0.2) is 5.16 Å². The van der Waals surface area contributed by atoms with Gasteiger partial charge in [-0.1, -0.05) is 17.8 Å². The molecule has 0 spiro atoms. The number of amides is 2. The number of hydrogen-bond donors (Lipinski definition) is 3. The normalized spacial score (nSPS) is 28.3.